The molecule has 3 aromatic rings. The van der Waals surface area contributed by atoms with E-state index in [-0.39, 0.29) is 29.1 Å². The Bertz CT molecular complexity index is 1460. The summed E-state index contributed by atoms with van der Waals surface area (Å²) >= 11 is 6.33. The van der Waals surface area contributed by atoms with Gasteiger partial charge in [0.25, 0.3) is 0 Å². The van der Waals surface area contributed by atoms with E-state index >= 15 is 0 Å². The molecule has 2 aromatic carbocycles. The lowest BCUT2D eigenvalue weighted by atomic mass is 10.1. The van der Waals surface area contributed by atoms with E-state index in [1.165, 1.54) is 6.07 Å². The van der Waals surface area contributed by atoms with Crippen molar-refractivity contribution >= 4 is 39.0 Å². The van der Waals surface area contributed by atoms with Crippen LogP contribution in [0.2, 0.25) is 5.02 Å². The number of hydrogen-bond acceptors (Lipinski definition) is 8. The van der Waals surface area contributed by atoms with Crippen LogP contribution in [0.4, 0.5) is 16.3 Å². The minimum absolute atomic E-state index is 0.0497. The number of ether oxygens (including phenoxy) is 1. The second kappa shape index (κ2) is 11.1. The molecule has 2 aliphatic rings. The minimum Gasteiger partial charge on any atom is -0.395 e. The molecule has 1 aliphatic heterocycles. The average molecular weight is 572 g/mol. The molecule has 1 atom stereocenters. The van der Waals surface area contributed by atoms with Gasteiger partial charge in [-0.2, -0.15) is 0 Å². The van der Waals surface area contributed by atoms with Crippen molar-refractivity contribution < 1.29 is 23.1 Å². The van der Waals surface area contributed by atoms with E-state index in [0.717, 1.165) is 0 Å². The predicted molar refractivity (Wildman–Crippen MR) is 149 cm³/mol. The molecule has 2 heterocycles. The lowest BCUT2D eigenvalue weighted by Crippen LogP contribution is -2.44. The number of hydrogen-bond donors (Lipinski definition) is 3. The Morgan fingerprint density at radius 2 is 1.92 bits per heavy atom. The van der Waals surface area contributed by atoms with E-state index in [2.05, 4.69) is 15.5 Å². The minimum atomic E-state index is -3.84. The second-order valence-electron chi connectivity index (χ2n) is 9.66. The molecule has 2 amide bonds. The number of benzene rings is 2. The molecular weight excluding hydrogens is 542 g/mol. The van der Waals surface area contributed by atoms with Crippen LogP contribution in [0.3, 0.4) is 0 Å². The molecule has 0 spiro atoms. The maximum absolute atomic E-state index is 13.9. The van der Waals surface area contributed by atoms with Crippen molar-refractivity contribution in [2.24, 2.45) is 0 Å². The van der Waals surface area contributed by atoms with Gasteiger partial charge in [-0.3, -0.25) is 0 Å². The van der Waals surface area contributed by atoms with E-state index in [4.69, 9.17) is 31.4 Å². The Labute approximate surface area is 232 Å². The molecule has 5 rings (SSSR count). The monoisotopic (exact) mass is 571 g/mol. The summed E-state index contributed by atoms with van der Waals surface area (Å²) < 4.78 is 32.3. The first-order chi connectivity index (χ1) is 18.7. The molecule has 0 unspecified atom stereocenters. The summed E-state index contributed by atoms with van der Waals surface area (Å²) in [5, 5.41) is 14.3. The third-order valence-corrected chi connectivity index (χ3v) is 10.0. The Morgan fingerprint density at radius 1 is 1.18 bits per heavy atom. The molecule has 1 aliphatic carbocycles. The number of carbonyl (C=O) groups is 1. The summed E-state index contributed by atoms with van der Waals surface area (Å²) in [6, 6.07) is 14.9. The van der Waals surface area contributed by atoms with Crippen LogP contribution in [0.1, 0.15) is 25.5 Å². The van der Waals surface area contributed by atoms with Gasteiger partial charge in [-0.25, -0.2) is 23.2 Å². The summed E-state index contributed by atoms with van der Waals surface area (Å²) in [5.74, 6) is 1.02. The van der Waals surface area contributed by atoms with Crippen LogP contribution < -0.4 is 15.5 Å². The summed E-state index contributed by atoms with van der Waals surface area (Å²) in [6.45, 7) is 3.73. The number of anilines is 2. The zero-order chi connectivity index (χ0) is 27.6. The van der Waals surface area contributed by atoms with Crippen LogP contribution >= 0.6 is 11.6 Å². The van der Waals surface area contributed by atoms with Gasteiger partial charge in [-0.15, -0.1) is 0 Å². The van der Waals surface area contributed by atoms with Crippen molar-refractivity contribution in [2.75, 3.05) is 43.1 Å². The van der Waals surface area contributed by atoms with E-state index in [1.54, 1.807) is 48.5 Å². The summed E-state index contributed by atoms with van der Waals surface area (Å²) in [7, 11) is -3.84. The Kier molecular flexibility index (Phi) is 7.77. The SMILES string of the molecule is C[C@H]1COCCN1c1cc(C2(S(=O)(=O)c3ccccc3Cl)CC2)nc(-c2ccc(NC(=O)NCCO)cc2)n1. The molecule has 1 saturated heterocycles. The van der Waals surface area contributed by atoms with E-state index < -0.39 is 20.6 Å². The number of amides is 2. The van der Waals surface area contributed by atoms with Gasteiger partial charge in [0.1, 0.15) is 10.6 Å². The van der Waals surface area contributed by atoms with E-state index in [9.17, 15) is 13.2 Å². The van der Waals surface area contributed by atoms with Crippen molar-refractivity contribution in [3.8, 4) is 11.4 Å². The number of halogens is 1. The Hall–Kier alpha value is -3.25. The van der Waals surface area contributed by atoms with Gasteiger partial charge in [0, 0.05) is 30.4 Å². The van der Waals surface area contributed by atoms with Gasteiger partial charge in [-0.05, 0) is 56.2 Å². The number of carbonyl (C=O) groups excluding carboxylic acids is 1. The number of sulfone groups is 1. The number of rotatable bonds is 8. The van der Waals surface area contributed by atoms with E-state index in [0.29, 0.717) is 61.2 Å². The maximum atomic E-state index is 13.9. The predicted octanol–water partition coefficient (Wildman–Crippen LogP) is 3.60. The van der Waals surface area contributed by atoms with Crippen LogP contribution in [0.15, 0.2) is 59.5 Å². The highest BCUT2D eigenvalue weighted by atomic mass is 35.5. The van der Waals surface area contributed by atoms with Crippen LogP contribution in [0.25, 0.3) is 11.4 Å². The molecule has 10 nitrogen and oxygen atoms in total. The lowest BCUT2D eigenvalue weighted by Gasteiger charge is -2.34. The van der Waals surface area contributed by atoms with Gasteiger partial charge >= 0.3 is 6.03 Å². The first-order valence-electron chi connectivity index (χ1n) is 12.7. The number of nitrogens with zero attached hydrogens (tertiary/aromatic N) is 3. The van der Waals surface area contributed by atoms with Gasteiger partial charge in [0.15, 0.2) is 15.7 Å². The van der Waals surface area contributed by atoms with Crippen LogP contribution in [-0.2, 0) is 19.3 Å². The number of nitrogens with one attached hydrogen (secondary N) is 2. The van der Waals surface area contributed by atoms with Crippen LogP contribution in [-0.4, -0.2) is 68.5 Å². The summed E-state index contributed by atoms with van der Waals surface area (Å²) in [5.41, 5.74) is 1.66. The van der Waals surface area contributed by atoms with Crippen molar-refractivity contribution in [3.63, 3.8) is 0 Å². The van der Waals surface area contributed by atoms with Crippen molar-refractivity contribution in [1.29, 1.82) is 0 Å². The van der Waals surface area contributed by atoms with Crippen molar-refractivity contribution in [2.45, 2.75) is 35.4 Å². The van der Waals surface area contributed by atoms with Gasteiger partial charge in [0.05, 0.1) is 41.5 Å². The third-order valence-electron chi connectivity index (χ3n) is 6.98. The first-order valence-corrected chi connectivity index (χ1v) is 14.6. The number of morpholine rings is 1. The van der Waals surface area contributed by atoms with Crippen molar-refractivity contribution in [3.05, 3.63) is 65.3 Å². The first kappa shape index (κ1) is 27.3. The topological polar surface area (TPSA) is 134 Å². The molecule has 0 radical (unpaired) electrons. The standard InChI is InChI=1S/C27H30ClN5O5S/c1-18-17-38-15-13-33(18)24-16-23(27(10-11-27)39(36,37)22-5-3-2-4-21(22)28)31-25(32-24)19-6-8-20(9-7-19)30-26(35)29-12-14-34/h2-9,16,18,34H,10-15,17H2,1H3,(H2,29,30,35)/t18-/m0/s1. The summed E-state index contributed by atoms with van der Waals surface area (Å²) in [6.07, 6.45) is 0.863. The number of urea groups is 1. The molecule has 39 heavy (non-hydrogen) atoms. The molecular formula is C27H30ClN5O5S. The molecule has 12 heteroatoms. The molecule has 1 saturated carbocycles. The molecule has 0 bridgehead atoms. The van der Waals surface area contributed by atoms with Gasteiger partial charge in [0.2, 0.25) is 0 Å². The van der Waals surface area contributed by atoms with Crippen LogP contribution in [0.5, 0.6) is 0 Å². The molecule has 2 fully saturated rings. The quantitative estimate of drug-likeness (QED) is 0.373. The average Bonchev–Trinajstić information content (AvgIpc) is 3.76. The fraction of sp³-hybridized carbons (Fsp3) is 0.370. The van der Waals surface area contributed by atoms with E-state index in [1.807, 2.05) is 6.92 Å². The highest BCUT2D eigenvalue weighted by Crippen LogP contribution is 2.56. The van der Waals surface area contributed by atoms with Gasteiger partial charge < -0.3 is 25.4 Å². The van der Waals surface area contributed by atoms with Crippen molar-refractivity contribution in [1.82, 2.24) is 15.3 Å². The highest BCUT2D eigenvalue weighted by molar-refractivity contribution is 7.92. The number of aliphatic hydroxyl groups excluding tert-OH is 1. The Balaban J connectivity index is 1.54. The zero-order valence-electron chi connectivity index (χ0n) is 21.4. The number of aliphatic hydroxyl groups is 1. The maximum Gasteiger partial charge on any atom is 0.319 e. The molecule has 1 aromatic heterocycles. The molecule has 206 valence electrons. The fourth-order valence-electron chi connectivity index (χ4n) is 4.71. The lowest BCUT2D eigenvalue weighted by molar-refractivity contribution is 0.0985. The highest BCUT2D eigenvalue weighted by Gasteiger charge is 2.58. The molecule has 3 N–H and O–H groups in total. The zero-order valence-corrected chi connectivity index (χ0v) is 23.0. The second-order valence-corrected chi connectivity index (χ2v) is 12.3. The largest absolute Gasteiger partial charge is 0.395 e. The smallest absolute Gasteiger partial charge is 0.319 e. The third kappa shape index (κ3) is 5.44. The normalized spacial score (nSPS) is 18.4. The summed E-state index contributed by atoms with van der Waals surface area (Å²) in [4.78, 5) is 23.8. The van der Waals surface area contributed by atoms with Gasteiger partial charge in [-0.1, -0.05) is 23.7 Å². The fourth-order valence-corrected chi connectivity index (χ4v) is 7.17. The Morgan fingerprint density at radius 3 is 2.59 bits per heavy atom. The number of aromatic nitrogens is 2. The van der Waals surface area contributed by atoms with Crippen LogP contribution in [0, 0.1) is 0 Å².